The number of hydrogen-bond donors (Lipinski definition) is 1. The summed E-state index contributed by atoms with van der Waals surface area (Å²) >= 11 is 0. The van der Waals surface area contributed by atoms with Gasteiger partial charge >= 0.3 is 0 Å². The minimum absolute atomic E-state index is 0.0820. The first-order chi connectivity index (χ1) is 12.8. The largest absolute Gasteiger partial charge is 0.383 e. The van der Waals surface area contributed by atoms with Gasteiger partial charge < -0.3 is 24.3 Å². The Bertz CT molecular complexity index is 695. The third kappa shape index (κ3) is 4.80. The van der Waals surface area contributed by atoms with E-state index in [1.54, 1.807) is 13.4 Å². The smallest absolute Gasteiger partial charge is 0.251 e. The van der Waals surface area contributed by atoms with Crippen LogP contribution in [0.25, 0.3) is 0 Å². The number of anilines is 1. The van der Waals surface area contributed by atoms with Gasteiger partial charge in [-0.25, -0.2) is 0 Å². The summed E-state index contributed by atoms with van der Waals surface area (Å²) in [7, 11) is 1.66. The maximum Gasteiger partial charge on any atom is 0.251 e. The number of nitrogens with one attached hydrogen (secondary N) is 1. The molecule has 3 rings (SSSR count). The van der Waals surface area contributed by atoms with E-state index in [4.69, 9.17) is 9.47 Å². The molecule has 1 N–H and O–H groups in total. The lowest BCUT2D eigenvalue weighted by molar-refractivity contribution is 0.0953. The third-order valence-electron chi connectivity index (χ3n) is 4.37. The molecule has 0 bridgehead atoms. The zero-order chi connectivity index (χ0) is 18.2. The molecular weight excluding hydrogens is 334 g/mol. The van der Waals surface area contributed by atoms with E-state index in [0.29, 0.717) is 31.7 Å². The summed E-state index contributed by atoms with van der Waals surface area (Å²) in [6.45, 7) is 5.08. The second-order valence-corrected chi connectivity index (χ2v) is 6.09. The number of nitrogens with zero attached hydrogens (tertiary/aromatic N) is 4. The minimum atomic E-state index is -0.0820. The van der Waals surface area contributed by atoms with Crippen molar-refractivity contribution in [2.45, 2.75) is 13.0 Å². The Kier molecular flexibility index (Phi) is 6.56. The summed E-state index contributed by atoms with van der Waals surface area (Å²) in [5, 5.41) is 10.9. The summed E-state index contributed by atoms with van der Waals surface area (Å²) < 4.78 is 12.4. The van der Waals surface area contributed by atoms with Gasteiger partial charge in [0.15, 0.2) is 0 Å². The molecule has 1 amide bonds. The quantitative estimate of drug-likeness (QED) is 0.748. The molecule has 1 aromatic carbocycles. The Balaban J connectivity index is 1.48. The van der Waals surface area contributed by atoms with E-state index < -0.39 is 0 Å². The maximum absolute atomic E-state index is 12.3. The number of aromatic nitrogens is 3. The Morgan fingerprint density at radius 3 is 2.77 bits per heavy atom. The number of amides is 1. The summed E-state index contributed by atoms with van der Waals surface area (Å²) in [6.07, 6.45) is 2.31. The van der Waals surface area contributed by atoms with E-state index in [9.17, 15) is 4.79 Å². The van der Waals surface area contributed by atoms with Crippen LogP contribution in [0.4, 0.5) is 5.69 Å². The number of carbonyl (C=O) groups is 1. The van der Waals surface area contributed by atoms with Crippen LogP contribution in [0.2, 0.25) is 0 Å². The topological polar surface area (TPSA) is 81.5 Å². The van der Waals surface area contributed by atoms with Crippen LogP contribution in [0, 0.1) is 0 Å². The van der Waals surface area contributed by atoms with Crippen molar-refractivity contribution in [2.75, 3.05) is 51.5 Å². The molecule has 8 nitrogen and oxygen atoms in total. The Hall–Kier alpha value is -2.45. The van der Waals surface area contributed by atoms with Crippen molar-refractivity contribution in [3.05, 3.63) is 42.0 Å². The Morgan fingerprint density at radius 1 is 1.27 bits per heavy atom. The first-order valence-corrected chi connectivity index (χ1v) is 8.84. The van der Waals surface area contributed by atoms with Gasteiger partial charge in [0.1, 0.15) is 12.2 Å². The molecule has 1 aromatic heterocycles. The third-order valence-corrected chi connectivity index (χ3v) is 4.37. The molecule has 0 radical (unpaired) electrons. The standard InChI is InChI=1S/C18H25N5O3/c1-25-11-8-23-14-20-21-17(23)6-7-19-18(24)15-2-4-16(5-3-15)22-9-12-26-13-10-22/h2-5,14H,6-13H2,1H3,(H,19,24). The highest BCUT2D eigenvalue weighted by Crippen LogP contribution is 2.16. The number of carbonyl (C=O) groups excluding carboxylic acids is 1. The predicted molar refractivity (Wildman–Crippen MR) is 97.4 cm³/mol. The fraction of sp³-hybridized carbons (Fsp3) is 0.500. The first-order valence-electron chi connectivity index (χ1n) is 8.84. The molecule has 0 unspecified atom stereocenters. The van der Waals surface area contributed by atoms with Gasteiger partial charge in [-0.15, -0.1) is 10.2 Å². The SMILES string of the molecule is COCCn1cnnc1CCNC(=O)c1ccc(N2CCOCC2)cc1. The van der Waals surface area contributed by atoms with Crippen molar-refractivity contribution >= 4 is 11.6 Å². The van der Waals surface area contributed by atoms with Gasteiger partial charge in [-0.05, 0) is 24.3 Å². The van der Waals surface area contributed by atoms with E-state index in [-0.39, 0.29) is 5.91 Å². The first kappa shape index (κ1) is 18.3. The molecule has 0 aliphatic carbocycles. The van der Waals surface area contributed by atoms with Crippen LogP contribution in [-0.4, -0.2) is 67.2 Å². The summed E-state index contributed by atoms with van der Waals surface area (Å²) in [5.41, 5.74) is 1.78. The molecule has 140 valence electrons. The van der Waals surface area contributed by atoms with Gasteiger partial charge in [0.2, 0.25) is 0 Å². The number of rotatable bonds is 8. The van der Waals surface area contributed by atoms with Crippen molar-refractivity contribution in [1.29, 1.82) is 0 Å². The number of hydrogen-bond acceptors (Lipinski definition) is 6. The minimum Gasteiger partial charge on any atom is -0.383 e. The van der Waals surface area contributed by atoms with Crippen molar-refractivity contribution in [1.82, 2.24) is 20.1 Å². The Morgan fingerprint density at radius 2 is 2.04 bits per heavy atom. The Labute approximate surface area is 153 Å². The van der Waals surface area contributed by atoms with Crippen LogP contribution in [0.3, 0.4) is 0 Å². The van der Waals surface area contributed by atoms with Crippen LogP contribution >= 0.6 is 0 Å². The molecule has 26 heavy (non-hydrogen) atoms. The van der Waals surface area contributed by atoms with Crippen LogP contribution in [0.15, 0.2) is 30.6 Å². The molecule has 0 atom stereocenters. The fourth-order valence-electron chi connectivity index (χ4n) is 2.88. The highest BCUT2D eigenvalue weighted by atomic mass is 16.5. The van der Waals surface area contributed by atoms with Crippen LogP contribution < -0.4 is 10.2 Å². The molecule has 2 aromatic rings. The summed E-state index contributed by atoms with van der Waals surface area (Å²) in [4.78, 5) is 14.6. The van der Waals surface area contributed by atoms with Crippen LogP contribution in [0.5, 0.6) is 0 Å². The van der Waals surface area contributed by atoms with Gasteiger partial charge in [-0.1, -0.05) is 0 Å². The van der Waals surface area contributed by atoms with E-state index >= 15 is 0 Å². The van der Waals surface area contributed by atoms with Gasteiger partial charge in [0.25, 0.3) is 5.91 Å². The molecule has 8 heteroatoms. The summed E-state index contributed by atoms with van der Waals surface area (Å²) in [5.74, 6) is 0.756. The van der Waals surface area contributed by atoms with Gasteiger partial charge in [-0.2, -0.15) is 0 Å². The zero-order valence-electron chi connectivity index (χ0n) is 15.1. The molecule has 0 saturated carbocycles. The molecule has 1 aliphatic heterocycles. The number of ether oxygens (including phenoxy) is 2. The van der Waals surface area contributed by atoms with Crippen LogP contribution in [0.1, 0.15) is 16.2 Å². The lowest BCUT2D eigenvalue weighted by atomic mass is 10.1. The van der Waals surface area contributed by atoms with Crippen LogP contribution in [-0.2, 0) is 22.4 Å². The second-order valence-electron chi connectivity index (χ2n) is 6.09. The van der Waals surface area contributed by atoms with Crippen molar-refractivity contribution < 1.29 is 14.3 Å². The van der Waals surface area contributed by atoms with Gasteiger partial charge in [0.05, 0.1) is 19.8 Å². The molecule has 1 aliphatic rings. The van der Waals surface area contributed by atoms with E-state index in [1.807, 2.05) is 28.8 Å². The van der Waals surface area contributed by atoms with Gasteiger partial charge in [0, 0.05) is 51.0 Å². The number of morpholine rings is 1. The molecule has 1 fully saturated rings. The lowest BCUT2D eigenvalue weighted by Crippen LogP contribution is -2.36. The monoisotopic (exact) mass is 359 g/mol. The molecular formula is C18H25N5O3. The van der Waals surface area contributed by atoms with Gasteiger partial charge in [-0.3, -0.25) is 4.79 Å². The normalized spacial score (nSPS) is 14.4. The van der Waals surface area contributed by atoms with E-state index in [1.165, 1.54) is 0 Å². The highest BCUT2D eigenvalue weighted by molar-refractivity contribution is 5.94. The molecule has 0 spiro atoms. The van der Waals surface area contributed by atoms with Crippen molar-refractivity contribution in [2.24, 2.45) is 0 Å². The number of methoxy groups -OCH3 is 1. The van der Waals surface area contributed by atoms with Crippen molar-refractivity contribution in [3.8, 4) is 0 Å². The predicted octanol–water partition coefficient (Wildman–Crippen LogP) is 0.734. The fourth-order valence-corrected chi connectivity index (χ4v) is 2.88. The second kappa shape index (κ2) is 9.30. The average molecular weight is 359 g/mol. The van der Waals surface area contributed by atoms with Crippen molar-refractivity contribution in [3.63, 3.8) is 0 Å². The maximum atomic E-state index is 12.3. The number of benzene rings is 1. The average Bonchev–Trinajstić information content (AvgIpc) is 3.14. The lowest BCUT2D eigenvalue weighted by Gasteiger charge is -2.28. The zero-order valence-corrected chi connectivity index (χ0v) is 15.1. The molecule has 2 heterocycles. The van der Waals surface area contributed by atoms with E-state index in [2.05, 4.69) is 20.4 Å². The highest BCUT2D eigenvalue weighted by Gasteiger charge is 2.12. The summed E-state index contributed by atoms with van der Waals surface area (Å²) in [6, 6.07) is 7.70. The molecule has 1 saturated heterocycles. The van der Waals surface area contributed by atoms with E-state index in [0.717, 1.165) is 37.8 Å².